The van der Waals surface area contributed by atoms with E-state index in [0.717, 1.165) is 38.5 Å². The second-order valence-electron chi connectivity index (χ2n) is 6.31. The van der Waals surface area contributed by atoms with Crippen LogP contribution in [0.2, 0.25) is 0 Å². The maximum absolute atomic E-state index is 13.0. The summed E-state index contributed by atoms with van der Waals surface area (Å²) in [5.74, 6) is -0.226. The van der Waals surface area contributed by atoms with Crippen LogP contribution >= 0.6 is 22.7 Å². The molecule has 0 aliphatic rings. The number of hydrazone groups is 1. The van der Waals surface area contributed by atoms with Crippen molar-refractivity contribution < 1.29 is 4.79 Å². The molecule has 0 spiro atoms. The van der Waals surface area contributed by atoms with Gasteiger partial charge in [-0.1, -0.05) is 31.2 Å². The maximum atomic E-state index is 13.0. The Labute approximate surface area is 171 Å². The predicted molar refractivity (Wildman–Crippen MR) is 118 cm³/mol. The number of thiophene rings is 2. The minimum Gasteiger partial charge on any atom is -0.267 e. The van der Waals surface area contributed by atoms with E-state index in [-0.39, 0.29) is 5.91 Å². The molecule has 140 valence electrons. The molecular weight excluding hydrogens is 386 g/mol. The van der Waals surface area contributed by atoms with Crippen LogP contribution in [0.15, 0.2) is 65.1 Å². The van der Waals surface area contributed by atoms with Crippen LogP contribution in [-0.4, -0.2) is 16.6 Å². The predicted octanol–water partition coefficient (Wildman–Crippen LogP) is 5.88. The van der Waals surface area contributed by atoms with Crippen molar-refractivity contribution in [3.63, 3.8) is 0 Å². The highest BCUT2D eigenvalue weighted by Gasteiger charge is 2.15. The third-order valence-corrected chi connectivity index (χ3v) is 6.33. The fourth-order valence-electron chi connectivity index (χ4n) is 2.99. The standard InChI is InChI=1S/C22H19N3OS2/c1-3-17(20-9-6-12-27-20)24-25-22(26)16-13-19(21-11-10-14(2)28-21)23-18-8-5-4-7-15(16)18/h4-13H,3H2,1-2H3,(H,25,26). The Balaban J connectivity index is 1.73. The van der Waals surface area contributed by atoms with E-state index < -0.39 is 0 Å². The molecule has 4 aromatic rings. The lowest BCUT2D eigenvalue weighted by Crippen LogP contribution is -2.20. The monoisotopic (exact) mass is 405 g/mol. The van der Waals surface area contributed by atoms with E-state index in [4.69, 9.17) is 4.98 Å². The lowest BCUT2D eigenvalue weighted by atomic mass is 10.1. The molecule has 4 nitrogen and oxygen atoms in total. The van der Waals surface area contributed by atoms with Crippen molar-refractivity contribution >= 4 is 45.2 Å². The topological polar surface area (TPSA) is 54.4 Å². The molecule has 1 aromatic carbocycles. The van der Waals surface area contributed by atoms with Gasteiger partial charge in [-0.2, -0.15) is 5.10 Å². The smallest absolute Gasteiger partial charge is 0.267 e. The van der Waals surface area contributed by atoms with Crippen molar-refractivity contribution in [3.05, 3.63) is 75.3 Å². The van der Waals surface area contributed by atoms with Crippen LogP contribution < -0.4 is 5.43 Å². The lowest BCUT2D eigenvalue weighted by molar-refractivity contribution is 0.0956. The number of para-hydroxylation sites is 1. The number of hydrogen-bond donors (Lipinski definition) is 1. The van der Waals surface area contributed by atoms with Crippen LogP contribution in [0.3, 0.4) is 0 Å². The van der Waals surface area contributed by atoms with Crippen LogP contribution in [0, 0.1) is 6.92 Å². The number of rotatable bonds is 5. The van der Waals surface area contributed by atoms with E-state index in [1.165, 1.54) is 4.88 Å². The number of hydrogen-bond acceptors (Lipinski definition) is 5. The number of nitrogens with one attached hydrogen (secondary N) is 1. The highest BCUT2D eigenvalue weighted by Crippen LogP contribution is 2.29. The third-order valence-electron chi connectivity index (χ3n) is 4.39. The van der Waals surface area contributed by atoms with E-state index in [1.807, 2.05) is 60.8 Å². The first-order valence-electron chi connectivity index (χ1n) is 9.03. The molecule has 1 N–H and O–H groups in total. The van der Waals surface area contributed by atoms with E-state index >= 15 is 0 Å². The summed E-state index contributed by atoms with van der Waals surface area (Å²) in [7, 11) is 0. The summed E-state index contributed by atoms with van der Waals surface area (Å²) >= 11 is 3.29. The molecule has 3 aromatic heterocycles. The molecule has 0 saturated carbocycles. The molecule has 0 saturated heterocycles. The van der Waals surface area contributed by atoms with Crippen LogP contribution in [0.1, 0.15) is 33.5 Å². The number of carbonyl (C=O) groups excluding carboxylic acids is 1. The molecule has 1 amide bonds. The number of fused-ring (bicyclic) bond motifs is 1. The van der Waals surface area contributed by atoms with Gasteiger partial charge in [0.2, 0.25) is 0 Å². The summed E-state index contributed by atoms with van der Waals surface area (Å²) in [6.45, 7) is 4.10. The van der Waals surface area contributed by atoms with Crippen LogP contribution in [0.5, 0.6) is 0 Å². The average Bonchev–Trinajstić information content (AvgIpc) is 3.39. The lowest BCUT2D eigenvalue weighted by Gasteiger charge is -2.09. The number of aromatic nitrogens is 1. The van der Waals surface area contributed by atoms with Gasteiger partial charge in [-0.25, -0.2) is 10.4 Å². The van der Waals surface area contributed by atoms with Gasteiger partial charge in [0.05, 0.1) is 32.2 Å². The summed E-state index contributed by atoms with van der Waals surface area (Å²) in [6, 6.07) is 17.7. The van der Waals surface area contributed by atoms with Crippen LogP contribution in [0.4, 0.5) is 0 Å². The third kappa shape index (κ3) is 3.74. The van der Waals surface area contributed by atoms with Gasteiger partial charge < -0.3 is 0 Å². The maximum Gasteiger partial charge on any atom is 0.272 e. The Kier molecular flexibility index (Phi) is 5.32. The highest BCUT2D eigenvalue weighted by molar-refractivity contribution is 7.15. The first-order valence-corrected chi connectivity index (χ1v) is 10.7. The molecule has 28 heavy (non-hydrogen) atoms. The molecule has 4 rings (SSSR count). The Morgan fingerprint density at radius 2 is 2.00 bits per heavy atom. The van der Waals surface area contributed by atoms with Gasteiger partial charge in [0, 0.05) is 10.3 Å². The number of aryl methyl sites for hydroxylation is 1. The van der Waals surface area contributed by atoms with E-state index in [1.54, 1.807) is 22.7 Å². The highest BCUT2D eigenvalue weighted by atomic mass is 32.1. The Morgan fingerprint density at radius 3 is 2.71 bits per heavy atom. The molecule has 6 heteroatoms. The van der Waals surface area contributed by atoms with Crippen molar-refractivity contribution in [2.24, 2.45) is 5.10 Å². The number of amides is 1. The normalized spacial score (nSPS) is 11.7. The fraction of sp³-hybridized carbons (Fsp3) is 0.136. The molecule has 0 fully saturated rings. The molecule has 0 unspecified atom stereocenters. The van der Waals surface area contributed by atoms with Gasteiger partial charge in [0.15, 0.2) is 0 Å². The molecule has 0 aliphatic carbocycles. The largest absolute Gasteiger partial charge is 0.272 e. The first-order chi connectivity index (χ1) is 13.7. The van der Waals surface area contributed by atoms with Crippen molar-refractivity contribution in [1.82, 2.24) is 10.4 Å². The zero-order valence-corrected chi connectivity index (χ0v) is 17.2. The Hall–Kier alpha value is -2.83. The van der Waals surface area contributed by atoms with Crippen molar-refractivity contribution in [3.8, 4) is 10.6 Å². The minimum absolute atomic E-state index is 0.226. The van der Waals surface area contributed by atoms with Gasteiger partial charge in [-0.15, -0.1) is 22.7 Å². The molecular formula is C22H19N3OS2. The SMILES string of the molecule is CCC(=NNC(=O)c1cc(-c2ccc(C)s2)nc2ccccc12)c1cccs1. The summed E-state index contributed by atoms with van der Waals surface area (Å²) in [5, 5.41) is 7.21. The van der Waals surface area contributed by atoms with Crippen LogP contribution in [-0.2, 0) is 0 Å². The molecule has 0 bridgehead atoms. The summed E-state index contributed by atoms with van der Waals surface area (Å²) in [4.78, 5) is 21.1. The van der Waals surface area contributed by atoms with Gasteiger partial charge in [-0.05, 0) is 49.1 Å². The summed E-state index contributed by atoms with van der Waals surface area (Å²) < 4.78 is 0. The van der Waals surface area contributed by atoms with E-state index in [2.05, 4.69) is 23.5 Å². The number of pyridine rings is 1. The Morgan fingerprint density at radius 1 is 1.14 bits per heavy atom. The van der Waals surface area contributed by atoms with Gasteiger partial charge in [0.25, 0.3) is 5.91 Å². The van der Waals surface area contributed by atoms with Crippen LogP contribution in [0.25, 0.3) is 21.5 Å². The average molecular weight is 406 g/mol. The molecule has 0 radical (unpaired) electrons. The van der Waals surface area contributed by atoms with Gasteiger partial charge in [-0.3, -0.25) is 4.79 Å². The summed E-state index contributed by atoms with van der Waals surface area (Å²) in [5.41, 5.74) is 5.80. The second-order valence-corrected chi connectivity index (χ2v) is 8.55. The van der Waals surface area contributed by atoms with Gasteiger partial charge in [0.1, 0.15) is 0 Å². The molecule has 0 aliphatic heterocycles. The van der Waals surface area contributed by atoms with E-state index in [9.17, 15) is 4.79 Å². The second kappa shape index (κ2) is 8.04. The number of carbonyl (C=O) groups is 1. The first kappa shape index (κ1) is 18.5. The van der Waals surface area contributed by atoms with Crippen molar-refractivity contribution in [2.45, 2.75) is 20.3 Å². The molecule has 3 heterocycles. The zero-order chi connectivity index (χ0) is 19.5. The quantitative estimate of drug-likeness (QED) is 0.333. The number of benzene rings is 1. The summed E-state index contributed by atoms with van der Waals surface area (Å²) in [6.07, 6.45) is 0.748. The Bertz CT molecular complexity index is 1160. The fourth-order valence-corrected chi connectivity index (χ4v) is 4.61. The van der Waals surface area contributed by atoms with Gasteiger partial charge >= 0.3 is 0 Å². The zero-order valence-electron chi connectivity index (χ0n) is 15.6. The minimum atomic E-state index is -0.226. The number of nitrogens with zero attached hydrogens (tertiary/aromatic N) is 2. The van der Waals surface area contributed by atoms with Crippen molar-refractivity contribution in [2.75, 3.05) is 0 Å². The molecule has 0 atom stereocenters. The van der Waals surface area contributed by atoms with Crippen molar-refractivity contribution in [1.29, 1.82) is 0 Å². The van der Waals surface area contributed by atoms with E-state index in [0.29, 0.717) is 5.56 Å².